The molecule has 0 radical (unpaired) electrons. The Morgan fingerprint density at radius 3 is 2.27 bits per heavy atom. The quantitative estimate of drug-likeness (QED) is 0.427. The summed E-state index contributed by atoms with van der Waals surface area (Å²) in [5.41, 5.74) is 7.69. The second kappa shape index (κ2) is 8.00. The largest absolute Gasteiger partial charge is 0.122 e. The average Bonchev–Trinajstić information content (AvgIpc) is 2.55. The fourth-order valence-electron chi connectivity index (χ4n) is 2.76. The molecular formula is C21H23Cl. The van der Waals surface area contributed by atoms with E-state index in [2.05, 4.69) is 56.5 Å². The molecule has 0 N–H and O–H groups in total. The Morgan fingerprint density at radius 1 is 0.909 bits per heavy atom. The minimum atomic E-state index is 0.542. The summed E-state index contributed by atoms with van der Waals surface area (Å²) in [5, 5.41) is 0. The van der Waals surface area contributed by atoms with E-state index < -0.39 is 0 Å². The number of alkyl halides is 1. The fourth-order valence-corrected chi connectivity index (χ4v) is 3.02. The van der Waals surface area contributed by atoms with E-state index in [4.69, 9.17) is 11.6 Å². The fraction of sp³-hybridized carbons (Fsp3) is 0.238. The molecule has 0 atom stereocenters. The Hall–Kier alpha value is -1.79. The molecule has 2 aromatic carbocycles. The molecule has 0 heterocycles. The molecule has 0 amide bonds. The zero-order chi connectivity index (χ0) is 15.9. The second-order valence-electron chi connectivity index (χ2n) is 5.45. The standard InChI is InChI=1S/C21H23Cl/c1-4-7-16-9-10-17(6-3)21(13-16)19-11-12-20(15-22)18(14-19)8-5-2/h4-5,9-14H,1-2,6-8,15H2,3H3. The van der Waals surface area contributed by atoms with Crippen LogP contribution in [0.1, 0.15) is 29.2 Å². The number of hydrogen-bond acceptors (Lipinski definition) is 0. The highest BCUT2D eigenvalue weighted by Crippen LogP contribution is 2.29. The van der Waals surface area contributed by atoms with Crippen LogP contribution in [0.4, 0.5) is 0 Å². The normalized spacial score (nSPS) is 10.5. The summed E-state index contributed by atoms with van der Waals surface area (Å²) in [4.78, 5) is 0. The monoisotopic (exact) mass is 310 g/mol. The van der Waals surface area contributed by atoms with Gasteiger partial charge < -0.3 is 0 Å². The van der Waals surface area contributed by atoms with E-state index in [-0.39, 0.29) is 0 Å². The van der Waals surface area contributed by atoms with Crippen LogP contribution < -0.4 is 0 Å². The predicted octanol–water partition coefficient (Wildman–Crippen LogP) is 6.11. The number of rotatable bonds is 7. The molecule has 22 heavy (non-hydrogen) atoms. The maximum absolute atomic E-state index is 6.05. The number of benzene rings is 2. The first-order valence-corrected chi connectivity index (χ1v) is 8.28. The first-order valence-electron chi connectivity index (χ1n) is 7.75. The average molecular weight is 311 g/mol. The van der Waals surface area contributed by atoms with Gasteiger partial charge in [0.25, 0.3) is 0 Å². The lowest BCUT2D eigenvalue weighted by molar-refractivity contribution is 1.13. The minimum Gasteiger partial charge on any atom is -0.122 e. The van der Waals surface area contributed by atoms with Crippen molar-refractivity contribution in [3.8, 4) is 11.1 Å². The Bertz CT molecular complexity index is 668. The molecule has 0 bridgehead atoms. The van der Waals surface area contributed by atoms with Crippen LogP contribution in [0, 0.1) is 0 Å². The van der Waals surface area contributed by atoms with Crippen LogP contribution in [-0.4, -0.2) is 0 Å². The van der Waals surface area contributed by atoms with Crippen LogP contribution in [0.5, 0.6) is 0 Å². The Morgan fingerprint density at radius 2 is 1.64 bits per heavy atom. The molecule has 0 fully saturated rings. The summed E-state index contributed by atoms with van der Waals surface area (Å²) in [6.45, 7) is 9.89. The molecule has 0 unspecified atom stereocenters. The highest BCUT2D eigenvalue weighted by atomic mass is 35.5. The van der Waals surface area contributed by atoms with Gasteiger partial charge >= 0.3 is 0 Å². The molecule has 114 valence electrons. The van der Waals surface area contributed by atoms with Gasteiger partial charge in [0, 0.05) is 5.88 Å². The summed E-state index contributed by atoms with van der Waals surface area (Å²) in [5.74, 6) is 0.542. The van der Waals surface area contributed by atoms with Gasteiger partial charge in [0.1, 0.15) is 0 Å². The smallest absolute Gasteiger partial charge is 0.0476 e. The minimum absolute atomic E-state index is 0.542. The Balaban J connectivity index is 2.54. The van der Waals surface area contributed by atoms with Crippen molar-refractivity contribution in [3.63, 3.8) is 0 Å². The molecule has 0 aliphatic rings. The Kier molecular flexibility index (Phi) is 6.03. The summed E-state index contributed by atoms with van der Waals surface area (Å²) in [6, 6.07) is 13.3. The highest BCUT2D eigenvalue weighted by molar-refractivity contribution is 6.17. The van der Waals surface area contributed by atoms with E-state index in [1.807, 2.05) is 12.2 Å². The number of allylic oxidation sites excluding steroid dienone is 2. The van der Waals surface area contributed by atoms with Crippen molar-refractivity contribution in [3.05, 3.63) is 84.0 Å². The van der Waals surface area contributed by atoms with Crippen LogP contribution in [0.2, 0.25) is 0 Å². The van der Waals surface area contributed by atoms with Gasteiger partial charge in [0.15, 0.2) is 0 Å². The van der Waals surface area contributed by atoms with Crippen LogP contribution in [0.15, 0.2) is 61.7 Å². The molecule has 0 aromatic heterocycles. The molecule has 2 aromatic rings. The summed E-state index contributed by atoms with van der Waals surface area (Å²) >= 11 is 6.05. The zero-order valence-corrected chi connectivity index (χ0v) is 14.0. The van der Waals surface area contributed by atoms with Gasteiger partial charge in [-0.1, -0.05) is 55.5 Å². The summed E-state index contributed by atoms with van der Waals surface area (Å²) < 4.78 is 0. The molecular weight excluding hydrogens is 288 g/mol. The maximum atomic E-state index is 6.05. The van der Waals surface area contributed by atoms with Crippen LogP contribution >= 0.6 is 11.6 Å². The van der Waals surface area contributed by atoms with Crippen LogP contribution in [0.25, 0.3) is 11.1 Å². The van der Waals surface area contributed by atoms with Gasteiger partial charge in [-0.15, -0.1) is 24.8 Å². The van der Waals surface area contributed by atoms with Gasteiger partial charge in [-0.05, 0) is 52.6 Å². The van der Waals surface area contributed by atoms with Gasteiger partial charge in [0.2, 0.25) is 0 Å². The zero-order valence-electron chi connectivity index (χ0n) is 13.2. The molecule has 0 spiro atoms. The van der Waals surface area contributed by atoms with E-state index in [0.29, 0.717) is 5.88 Å². The number of hydrogen-bond donors (Lipinski definition) is 0. The lowest BCUT2D eigenvalue weighted by atomic mass is 9.92. The molecule has 0 nitrogen and oxygen atoms in total. The predicted molar refractivity (Wildman–Crippen MR) is 98.6 cm³/mol. The van der Waals surface area contributed by atoms with Crippen molar-refractivity contribution in [2.75, 3.05) is 0 Å². The van der Waals surface area contributed by atoms with Crippen molar-refractivity contribution >= 4 is 11.6 Å². The van der Waals surface area contributed by atoms with Crippen molar-refractivity contribution in [1.82, 2.24) is 0 Å². The lowest BCUT2D eigenvalue weighted by Gasteiger charge is -2.13. The van der Waals surface area contributed by atoms with E-state index in [1.54, 1.807) is 0 Å². The summed E-state index contributed by atoms with van der Waals surface area (Å²) in [6.07, 6.45) is 6.66. The third kappa shape index (κ3) is 3.69. The van der Waals surface area contributed by atoms with Gasteiger partial charge in [-0.25, -0.2) is 0 Å². The van der Waals surface area contributed by atoms with Crippen LogP contribution in [0.3, 0.4) is 0 Å². The Labute approximate surface area is 139 Å². The highest BCUT2D eigenvalue weighted by Gasteiger charge is 2.08. The third-order valence-electron chi connectivity index (χ3n) is 3.96. The molecule has 2 rings (SSSR count). The number of aryl methyl sites for hydroxylation is 1. The van der Waals surface area contributed by atoms with E-state index in [0.717, 1.165) is 19.3 Å². The van der Waals surface area contributed by atoms with Crippen molar-refractivity contribution < 1.29 is 0 Å². The SMILES string of the molecule is C=CCc1ccc(CC)c(-c2ccc(CCl)c(CC=C)c2)c1. The first-order chi connectivity index (χ1) is 10.7. The second-order valence-corrected chi connectivity index (χ2v) is 5.72. The van der Waals surface area contributed by atoms with Crippen molar-refractivity contribution in [2.24, 2.45) is 0 Å². The van der Waals surface area contributed by atoms with Crippen molar-refractivity contribution in [1.29, 1.82) is 0 Å². The topological polar surface area (TPSA) is 0 Å². The van der Waals surface area contributed by atoms with Gasteiger partial charge in [-0.3, -0.25) is 0 Å². The lowest BCUT2D eigenvalue weighted by Crippen LogP contribution is -1.95. The molecule has 0 aliphatic carbocycles. The van der Waals surface area contributed by atoms with E-state index in [9.17, 15) is 0 Å². The molecule has 0 saturated heterocycles. The van der Waals surface area contributed by atoms with Crippen LogP contribution in [-0.2, 0) is 25.1 Å². The maximum Gasteiger partial charge on any atom is 0.0476 e. The van der Waals surface area contributed by atoms with Crippen molar-refractivity contribution in [2.45, 2.75) is 32.1 Å². The summed E-state index contributed by atoms with van der Waals surface area (Å²) in [7, 11) is 0. The van der Waals surface area contributed by atoms with Gasteiger partial charge in [0.05, 0.1) is 0 Å². The number of halogens is 1. The molecule has 1 heteroatoms. The first kappa shape index (κ1) is 16.6. The third-order valence-corrected chi connectivity index (χ3v) is 4.25. The van der Waals surface area contributed by atoms with Gasteiger partial charge in [-0.2, -0.15) is 0 Å². The van der Waals surface area contributed by atoms with E-state index >= 15 is 0 Å². The molecule has 0 saturated carbocycles. The van der Waals surface area contributed by atoms with E-state index in [1.165, 1.54) is 33.4 Å². The molecule has 0 aliphatic heterocycles.